The van der Waals surface area contributed by atoms with E-state index in [1.807, 2.05) is 44.6 Å². The largest absolute Gasteiger partial charge is 0.341 e. The second-order valence-corrected chi connectivity index (χ2v) is 8.36. The molecule has 5 rings (SSSR count). The SMILES string of the molecule is O=C(Cn1ccc2ccccc21)N1CCCC(Cc2nc(-c3ccsc3)no2)C1. The number of hydrogen-bond acceptors (Lipinski definition) is 5. The summed E-state index contributed by atoms with van der Waals surface area (Å²) in [6.07, 6.45) is 4.79. The number of benzene rings is 1. The Balaban J connectivity index is 1.23. The summed E-state index contributed by atoms with van der Waals surface area (Å²) in [6, 6.07) is 12.2. The van der Waals surface area contributed by atoms with Crippen LogP contribution in [0, 0.1) is 5.92 Å². The van der Waals surface area contributed by atoms with Crippen LogP contribution in [-0.2, 0) is 17.8 Å². The molecular formula is C22H22N4O2S. The maximum atomic E-state index is 12.9. The third kappa shape index (κ3) is 3.82. The molecule has 1 fully saturated rings. The molecule has 0 spiro atoms. The molecule has 7 heteroatoms. The Bertz CT molecular complexity index is 1110. The lowest BCUT2D eigenvalue weighted by molar-refractivity contribution is -0.133. The van der Waals surface area contributed by atoms with Crippen LogP contribution in [0.5, 0.6) is 0 Å². The van der Waals surface area contributed by atoms with E-state index < -0.39 is 0 Å². The molecule has 1 amide bonds. The molecule has 6 nitrogen and oxygen atoms in total. The van der Waals surface area contributed by atoms with Gasteiger partial charge in [-0.2, -0.15) is 16.3 Å². The van der Waals surface area contributed by atoms with Crippen molar-refractivity contribution in [2.45, 2.75) is 25.8 Å². The molecule has 1 atom stereocenters. The average molecular weight is 407 g/mol. The Labute approximate surface area is 172 Å². The van der Waals surface area contributed by atoms with Gasteiger partial charge in [-0.1, -0.05) is 23.4 Å². The molecule has 1 saturated heterocycles. The third-order valence-corrected chi connectivity index (χ3v) is 6.25. The molecule has 1 aromatic carbocycles. The monoisotopic (exact) mass is 406 g/mol. The van der Waals surface area contributed by atoms with Crippen molar-refractivity contribution in [3.8, 4) is 11.4 Å². The smallest absolute Gasteiger partial charge is 0.242 e. The van der Waals surface area contributed by atoms with Crippen molar-refractivity contribution >= 4 is 28.1 Å². The molecule has 0 radical (unpaired) electrons. The minimum atomic E-state index is 0.167. The van der Waals surface area contributed by atoms with Gasteiger partial charge < -0.3 is 14.0 Å². The van der Waals surface area contributed by atoms with E-state index in [1.165, 1.54) is 0 Å². The van der Waals surface area contributed by atoms with Gasteiger partial charge in [0.25, 0.3) is 0 Å². The molecule has 1 aliphatic rings. The Hall–Kier alpha value is -2.93. The predicted octanol–water partition coefficient (Wildman–Crippen LogP) is 4.23. The number of carbonyl (C=O) groups excluding carboxylic acids is 1. The Morgan fingerprint density at radius 1 is 1.24 bits per heavy atom. The van der Waals surface area contributed by atoms with Crippen molar-refractivity contribution < 1.29 is 9.32 Å². The van der Waals surface area contributed by atoms with Crippen LogP contribution >= 0.6 is 11.3 Å². The standard InChI is InChI=1S/C22H22N4O2S/c27-21(14-25-10-7-17-5-1-2-6-19(17)25)26-9-3-4-16(13-26)12-20-23-22(24-28-20)18-8-11-29-15-18/h1-2,5-8,10-11,15-16H,3-4,9,12-14H2. The van der Waals surface area contributed by atoms with Gasteiger partial charge in [0.2, 0.25) is 17.6 Å². The summed E-state index contributed by atoms with van der Waals surface area (Å²) in [6.45, 7) is 1.94. The van der Waals surface area contributed by atoms with Crippen molar-refractivity contribution in [2.24, 2.45) is 5.92 Å². The fraction of sp³-hybridized carbons (Fsp3) is 0.318. The van der Waals surface area contributed by atoms with Crippen LogP contribution in [0.3, 0.4) is 0 Å². The van der Waals surface area contributed by atoms with E-state index in [0.717, 1.165) is 42.4 Å². The van der Waals surface area contributed by atoms with Crippen LogP contribution < -0.4 is 0 Å². The van der Waals surface area contributed by atoms with E-state index in [0.29, 0.717) is 30.6 Å². The number of rotatable bonds is 5. The third-order valence-electron chi connectivity index (χ3n) is 5.57. The first-order chi connectivity index (χ1) is 14.3. The lowest BCUT2D eigenvalue weighted by atomic mass is 9.94. The maximum absolute atomic E-state index is 12.9. The molecule has 148 valence electrons. The zero-order valence-corrected chi connectivity index (χ0v) is 16.8. The average Bonchev–Trinajstić information content (AvgIpc) is 3.49. The van der Waals surface area contributed by atoms with Crippen LogP contribution in [0.25, 0.3) is 22.3 Å². The van der Waals surface area contributed by atoms with Crippen LogP contribution in [-0.4, -0.2) is 38.6 Å². The van der Waals surface area contributed by atoms with Crippen LogP contribution in [0.15, 0.2) is 57.9 Å². The lowest BCUT2D eigenvalue weighted by Gasteiger charge is -2.32. The molecule has 4 heterocycles. The highest BCUT2D eigenvalue weighted by molar-refractivity contribution is 7.08. The van der Waals surface area contributed by atoms with Crippen LogP contribution in [0.1, 0.15) is 18.7 Å². The van der Waals surface area contributed by atoms with Crippen LogP contribution in [0.2, 0.25) is 0 Å². The van der Waals surface area contributed by atoms with E-state index in [9.17, 15) is 4.79 Å². The number of carbonyl (C=O) groups is 1. The second kappa shape index (κ2) is 7.83. The summed E-state index contributed by atoms with van der Waals surface area (Å²) in [7, 11) is 0. The first kappa shape index (κ1) is 18.1. The van der Waals surface area contributed by atoms with Gasteiger partial charge in [0.1, 0.15) is 6.54 Å². The zero-order chi connectivity index (χ0) is 19.6. The summed E-state index contributed by atoms with van der Waals surface area (Å²) in [5, 5.41) is 9.27. The number of hydrogen-bond donors (Lipinski definition) is 0. The Kier molecular flexibility index (Phi) is 4.89. The van der Waals surface area contributed by atoms with Gasteiger partial charge >= 0.3 is 0 Å². The number of para-hydroxylation sites is 1. The highest BCUT2D eigenvalue weighted by Gasteiger charge is 2.26. The number of amides is 1. The van der Waals surface area contributed by atoms with Gasteiger partial charge in [0.05, 0.1) is 0 Å². The summed E-state index contributed by atoms with van der Waals surface area (Å²) in [4.78, 5) is 19.4. The maximum Gasteiger partial charge on any atom is 0.242 e. The fourth-order valence-electron chi connectivity index (χ4n) is 4.08. The number of thiophene rings is 1. The molecule has 0 saturated carbocycles. The van der Waals surface area contributed by atoms with Gasteiger partial charge in [-0.3, -0.25) is 4.79 Å². The van der Waals surface area contributed by atoms with Gasteiger partial charge in [-0.25, -0.2) is 0 Å². The summed E-state index contributed by atoms with van der Waals surface area (Å²) in [5.74, 6) is 1.82. The van der Waals surface area contributed by atoms with Gasteiger partial charge in [0.15, 0.2) is 0 Å². The normalized spacial score (nSPS) is 17.1. The zero-order valence-electron chi connectivity index (χ0n) is 16.0. The number of fused-ring (bicyclic) bond motifs is 1. The molecule has 3 aromatic heterocycles. The van der Waals surface area contributed by atoms with E-state index in [4.69, 9.17) is 4.52 Å². The number of piperidine rings is 1. The van der Waals surface area contributed by atoms with Gasteiger partial charge in [0, 0.05) is 42.2 Å². The van der Waals surface area contributed by atoms with E-state index in [-0.39, 0.29) is 5.91 Å². The van der Waals surface area contributed by atoms with Crippen LogP contribution in [0.4, 0.5) is 0 Å². The van der Waals surface area contributed by atoms with E-state index >= 15 is 0 Å². The first-order valence-corrected chi connectivity index (χ1v) is 10.9. The topological polar surface area (TPSA) is 64.2 Å². The minimum Gasteiger partial charge on any atom is -0.341 e. The lowest BCUT2D eigenvalue weighted by Crippen LogP contribution is -2.42. The Morgan fingerprint density at radius 3 is 3.07 bits per heavy atom. The highest BCUT2D eigenvalue weighted by Crippen LogP contribution is 2.24. The van der Waals surface area contributed by atoms with Crippen molar-refractivity contribution in [2.75, 3.05) is 13.1 Å². The summed E-state index contributed by atoms with van der Waals surface area (Å²) < 4.78 is 7.49. The number of aromatic nitrogens is 3. The summed E-state index contributed by atoms with van der Waals surface area (Å²) in [5.41, 5.74) is 2.09. The van der Waals surface area contributed by atoms with Crippen molar-refractivity contribution in [3.63, 3.8) is 0 Å². The van der Waals surface area contributed by atoms with Crippen molar-refractivity contribution in [3.05, 3.63) is 59.2 Å². The van der Waals surface area contributed by atoms with Crippen molar-refractivity contribution in [1.82, 2.24) is 19.6 Å². The molecule has 0 aliphatic carbocycles. The predicted molar refractivity (Wildman–Crippen MR) is 113 cm³/mol. The highest BCUT2D eigenvalue weighted by atomic mass is 32.1. The van der Waals surface area contributed by atoms with E-state index in [1.54, 1.807) is 11.3 Å². The minimum absolute atomic E-state index is 0.167. The second-order valence-electron chi connectivity index (χ2n) is 7.58. The molecule has 29 heavy (non-hydrogen) atoms. The molecule has 4 aromatic rings. The number of likely N-dealkylation sites (tertiary alicyclic amines) is 1. The quantitative estimate of drug-likeness (QED) is 0.497. The molecule has 0 bridgehead atoms. The Morgan fingerprint density at radius 2 is 2.17 bits per heavy atom. The molecule has 1 aliphatic heterocycles. The fourth-order valence-corrected chi connectivity index (χ4v) is 4.71. The molecular weight excluding hydrogens is 384 g/mol. The molecule has 1 unspecified atom stereocenters. The first-order valence-electron chi connectivity index (χ1n) is 9.93. The van der Waals surface area contributed by atoms with Crippen molar-refractivity contribution in [1.29, 1.82) is 0 Å². The van der Waals surface area contributed by atoms with Gasteiger partial charge in [-0.05, 0) is 47.7 Å². The van der Waals surface area contributed by atoms with E-state index in [2.05, 4.69) is 28.3 Å². The molecule has 0 N–H and O–H groups in total. The number of nitrogens with zero attached hydrogens (tertiary/aromatic N) is 4. The summed E-state index contributed by atoms with van der Waals surface area (Å²) >= 11 is 1.62. The van der Waals surface area contributed by atoms with Gasteiger partial charge in [-0.15, -0.1) is 0 Å².